The molecule has 1 saturated heterocycles. The Hall–Kier alpha value is -3.36. The average molecular weight is 690 g/mol. The van der Waals surface area contributed by atoms with Crippen LogP contribution in [0.2, 0.25) is 0 Å². The van der Waals surface area contributed by atoms with Crippen molar-refractivity contribution in [3.63, 3.8) is 0 Å². The number of carboxylic acids is 1. The van der Waals surface area contributed by atoms with E-state index in [1.807, 2.05) is 0 Å². The van der Waals surface area contributed by atoms with E-state index in [0.717, 1.165) is 16.2 Å². The Bertz CT molecular complexity index is 1500. The molecule has 0 aromatic carbocycles. The minimum Gasteiger partial charge on any atom is -0.477 e. The Morgan fingerprint density at radius 1 is 1.32 bits per heavy atom. The summed E-state index contributed by atoms with van der Waals surface area (Å²) in [6.07, 6.45) is 0.274. The molecule has 0 aliphatic carbocycles. The molecule has 4 heterocycles. The van der Waals surface area contributed by atoms with Gasteiger partial charge >= 0.3 is 13.6 Å². The lowest BCUT2D eigenvalue weighted by Crippen LogP contribution is -2.71. The average Bonchev–Trinajstić information content (AvgIpc) is 3.62. The standard InChI is InChI=1S/C22H28N9O9PS3/c1-4-39-41(37,40-5-2)7-6-38-27-14(13-10-43-21(24-13)23-11-32)17(33)25-15-18(34)31-16(20(35)36)12(8-42-19(15)31)9-44-22-26-28-29-30(22)3/h10-11,15,19H,4-9H2,1-3H3,(H,25,33)(H,35,36)(H,23,24,32)/t15?,19-/m0/s1. The Balaban J connectivity index is 1.48. The van der Waals surface area contributed by atoms with Crippen LogP contribution in [0.1, 0.15) is 19.5 Å². The summed E-state index contributed by atoms with van der Waals surface area (Å²) in [5.74, 6) is -2.19. The van der Waals surface area contributed by atoms with Gasteiger partial charge in [-0.1, -0.05) is 16.9 Å². The van der Waals surface area contributed by atoms with Crippen molar-refractivity contribution in [3.8, 4) is 0 Å². The number of carbonyl (C=O) groups is 4. The van der Waals surface area contributed by atoms with Gasteiger partial charge in [-0.3, -0.25) is 23.8 Å². The Morgan fingerprint density at radius 2 is 2.07 bits per heavy atom. The number of oxime groups is 1. The van der Waals surface area contributed by atoms with Gasteiger partial charge in [0.2, 0.25) is 11.6 Å². The zero-order valence-electron chi connectivity index (χ0n) is 23.6. The minimum atomic E-state index is -3.44. The van der Waals surface area contributed by atoms with Gasteiger partial charge in [-0.05, 0) is 29.8 Å². The van der Waals surface area contributed by atoms with Crippen LogP contribution in [0.3, 0.4) is 0 Å². The monoisotopic (exact) mass is 689 g/mol. The van der Waals surface area contributed by atoms with Gasteiger partial charge in [-0.15, -0.1) is 28.2 Å². The number of tetrazole rings is 1. The second-order valence-corrected chi connectivity index (χ2v) is 13.8. The van der Waals surface area contributed by atoms with Crippen molar-refractivity contribution in [3.05, 3.63) is 22.3 Å². The molecular formula is C22H28N9O9PS3. The van der Waals surface area contributed by atoms with Crippen LogP contribution in [-0.4, -0.2) is 114 Å². The SMILES string of the molecule is CCOP(=O)(CCON=C(C(=O)NC1C(=O)N2C(C(=O)O)=C(CSc3nnnn3C)CS[C@@H]12)c1csc(NC=O)n1)OCC. The molecule has 0 spiro atoms. The number of aliphatic carboxylic acids is 1. The second-order valence-electron chi connectivity index (χ2n) is 8.74. The first-order valence-electron chi connectivity index (χ1n) is 12.9. The Kier molecular flexibility index (Phi) is 11.5. The number of carbonyl (C=O) groups excluding carboxylic acids is 3. The highest BCUT2D eigenvalue weighted by Crippen LogP contribution is 2.47. The maximum absolute atomic E-state index is 13.4. The fourth-order valence-corrected chi connectivity index (χ4v) is 8.44. The topological polar surface area (TPSA) is 229 Å². The first-order valence-corrected chi connectivity index (χ1v) is 17.6. The maximum atomic E-state index is 13.4. The number of rotatable bonds is 17. The summed E-state index contributed by atoms with van der Waals surface area (Å²) in [7, 11) is -1.79. The number of anilines is 1. The lowest BCUT2D eigenvalue weighted by Gasteiger charge is -2.49. The number of amides is 3. The number of nitrogens with one attached hydrogen (secondary N) is 2. The van der Waals surface area contributed by atoms with Crippen molar-refractivity contribution in [1.29, 1.82) is 0 Å². The molecule has 0 saturated carbocycles. The normalized spacial score (nSPS) is 18.5. The third-order valence-electron chi connectivity index (χ3n) is 5.90. The third-order valence-corrected chi connectivity index (χ3v) is 11.1. The number of carboxylic acid groups (broad SMARTS) is 1. The van der Waals surface area contributed by atoms with Gasteiger partial charge in [-0.2, -0.15) is 0 Å². The van der Waals surface area contributed by atoms with E-state index in [-0.39, 0.29) is 59.7 Å². The van der Waals surface area contributed by atoms with E-state index in [1.54, 1.807) is 20.9 Å². The summed E-state index contributed by atoms with van der Waals surface area (Å²) in [5.41, 5.74) is 0.0763. The highest BCUT2D eigenvalue weighted by atomic mass is 32.2. The molecular weight excluding hydrogens is 661 g/mol. The molecule has 2 atom stereocenters. The molecule has 18 nitrogen and oxygen atoms in total. The molecule has 2 aliphatic heterocycles. The van der Waals surface area contributed by atoms with Gasteiger partial charge < -0.3 is 29.6 Å². The molecule has 0 bridgehead atoms. The molecule has 22 heteroatoms. The van der Waals surface area contributed by atoms with E-state index in [0.29, 0.717) is 17.1 Å². The summed E-state index contributed by atoms with van der Waals surface area (Å²) < 4.78 is 24.6. The number of aromatic nitrogens is 5. The summed E-state index contributed by atoms with van der Waals surface area (Å²) in [4.78, 5) is 60.2. The van der Waals surface area contributed by atoms with Crippen molar-refractivity contribution < 1.29 is 42.7 Å². The van der Waals surface area contributed by atoms with Crippen molar-refractivity contribution in [1.82, 2.24) is 35.4 Å². The van der Waals surface area contributed by atoms with Gasteiger partial charge in [0, 0.05) is 23.9 Å². The van der Waals surface area contributed by atoms with Crippen LogP contribution >= 0.6 is 42.5 Å². The highest BCUT2D eigenvalue weighted by Gasteiger charge is 2.54. The number of hydrogen-bond donors (Lipinski definition) is 3. The molecule has 238 valence electrons. The van der Waals surface area contributed by atoms with Crippen LogP contribution in [0.15, 0.2) is 27.0 Å². The van der Waals surface area contributed by atoms with Crippen molar-refractivity contribution in [2.24, 2.45) is 12.2 Å². The molecule has 1 unspecified atom stereocenters. The molecule has 3 amide bonds. The van der Waals surface area contributed by atoms with Crippen LogP contribution in [0.5, 0.6) is 0 Å². The van der Waals surface area contributed by atoms with E-state index in [4.69, 9.17) is 13.9 Å². The van der Waals surface area contributed by atoms with Gasteiger partial charge in [0.1, 0.15) is 29.4 Å². The zero-order valence-corrected chi connectivity index (χ0v) is 26.9. The molecule has 2 aromatic heterocycles. The smallest absolute Gasteiger partial charge is 0.352 e. The predicted molar refractivity (Wildman–Crippen MR) is 159 cm³/mol. The fourth-order valence-electron chi connectivity index (χ4n) is 4.03. The van der Waals surface area contributed by atoms with E-state index < -0.39 is 36.8 Å². The van der Waals surface area contributed by atoms with Crippen LogP contribution < -0.4 is 10.6 Å². The number of thioether (sulfide) groups is 2. The number of β-lactam (4-membered cyclic amide) rings is 1. The van der Waals surface area contributed by atoms with Crippen LogP contribution in [0.4, 0.5) is 5.13 Å². The summed E-state index contributed by atoms with van der Waals surface area (Å²) in [6.45, 7) is 3.41. The first kappa shape index (κ1) is 33.5. The van der Waals surface area contributed by atoms with Crippen molar-refractivity contribution >= 4 is 77.5 Å². The number of fused-ring (bicyclic) bond motifs is 1. The lowest BCUT2D eigenvalue weighted by molar-refractivity contribution is -0.150. The molecule has 1 fully saturated rings. The summed E-state index contributed by atoms with van der Waals surface area (Å²) in [6, 6.07) is -1.06. The third kappa shape index (κ3) is 7.64. The van der Waals surface area contributed by atoms with Crippen molar-refractivity contribution in [2.45, 2.75) is 30.4 Å². The molecule has 44 heavy (non-hydrogen) atoms. The first-order chi connectivity index (χ1) is 21.1. The molecule has 3 N–H and O–H groups in total. The van der Waals surface area contributed by atoms with E-state index in [2.05, 4.69) is 36.3 Å². The number of hydrogen-bond acceptors (Lipinski definition) is 16. The van der Waals surface area contributed by atoms with Gasteiger partial charge in [-0.25, -0.2) is 14.5 Å². The van der Waals surface area contributed by atoms with Crippen molar-refractivity contribution in [2.75, 3.05) is 42.8 Å². The van der Waals surface area contributed by atoms with Crippen LogP contribution in [0.25, 0.3) is 0 Å². The van der Waals surface area contributed by atoms with E-state index >= 15 is 0 Å². The van der Waals surface area contributed by atoms with Gasteiger partial charge in [0.25, 0.3) is 11.8 Å². The Morgan fingerprint density at radius 3 is 2.70 bits per heavy atom. The number of aryl methyl sites for hydroxylation is 1. The molecule has 4 rings (SSSR count). The largest absolute Gasteiger partial charge is 0.477 e. The second kappa shape index (κ2) is 15.1. The van der Waals surface area contributed by atoms with Crippen LogP contribution in [0, 0.1) is 0 Å². The quantitative estimate of drug-likeness (QED) is 0.0396. The Labute approximate surface area is 262 Å². The lowest BCUT2D eigenvalue weighted by atomic mass is 10.0. The molecule has 0 radical (unpaired) electrons. The molecule has 2 aromatic rings. The molecule has 2 aliphatic rings. The predicted octanol–water partition coefficient (Wildman–Crippen LogP) is 0.753. The van der Waals surface area contributed by atoms with Crippen LogP contribution in [-0.2, 0) is 44.7 Å². The number of nitrogens with zero attached hydrogens (tertiary/aromatic N) is 7. The minimum absolute atomic E-state index is 0.0401. The number of thiazole rings is 1. The van der Waals surface area contributed by atoms with Gasteiger partial charge in [0.05, 0.1) is 19.4 Å². The van der Waals surface area contributed by atoms with Gasteiger partial charge in [0.15, 0.2) is 10.8 Å². The fraction of sp³-hybridized carbons (Fsp3) is 0.500. The highest BCUT2D eigenvalue weighted by molar-refractivity contribution is 8.01. The zero-order chi connectivity index (χ0) is 31.9. The van der Waals surface area contributed by atoms with E-state index in [9.17, 15) is 28.8 Å². The summed E-state index contributed by atoms with van der Waals surface area (Å²) in [5, 5.41) is 31.4. The summed E-state index contributed by atoms with van der Waals surface area (Å²) >= 11 is 3.55. The maximum Gasteiger partial charge on any atom is 0.352 e. The van der Waals surface area contributed by atoms with E-state index in [1.165, 1.54) is 33.6 Å².